The number of nitriles is 1. The zero-order chi connectivity index (χ0) is 22.2. The number of rotatable bonds is 7. The number of anilines is 1. The van der Waals surface area contributed by atoms with Crippen LogP contribution >= 0.6 is 0 Å². The summed E-state index contributed by atoms with van der Waals surface area (Å²) in [6.45, 7) is 3.15. The summed E-state index contributed by atoms with van der Waals surface area (Å²) in [7, 11) is 3.91. The van der Waals surface area contributed by atoms with E-state index >= 15 is 0 Å². The highest BCUT2D eigenvalue weighted by atomic mass is 19.1. The van der Waals surface area contributed by atoms with Gasteiger partial charge in [0.2, 0.25) is 0 Å². The van der Waals surface area contributed by atoms with Gasteiger partial charge in [0.25, 0.3) is 0 Å². The van der Waals surface area contributed by atoms with Gasteiger partial charge in [0.15, 0.2) is 0 Å². The number of nitrogens with one attached hydrogen (secondary N) is 1. The first-order chi connectivity index (χ1) is 15.0. The van der Waals surface area contributed by atoms with Gasteiger partial charge in [-0.3, -0.25) is 0 Å². The molecule has 1 aliphatic rings. The van der Waals surface area contributed by atoms with Crippen LogP contribution < -0.4 is 10.2 Å². The maximum atomic E-state index is 14.1. The van der Waals surface area contributed by atoms with Crippen molar-refractivity contribution in [3.05, 3.63) is 65.5 Å². The first-order valence-corrected chi connectivity index (χ1v) is 10.6. The number of nitrogens with zero attached hydrogens (tertiary/aromatic N) is 4. The van der Waals surface area contributed by atoms with Crippen molar-refractivity contribution in [2.24, 2.45) is 0 Å². The van der Waals surface area contributed by atoms with E-state index in [9.17, 15) is 9.18 Å². The largest absolute Gasteiger partial charge is 0.371 e. The van der Waals surface area contributed by atoms with E-state index in [0.717, 1.165) is 31.6 Å². The van der Waals surface area contributed by atoms with Crippen molar-refractivity contribution in [2.75, 3.05) is 45.2 Å². The van der Waals surface area contributed by atoms with E-state index in [1.807, 2.05) is 43.3 Å². The number of amides is 2. The van der Waals surface area contributed by atoms with E-state index in [4.69, 9.17) is 5.26 Å². The molecule has 1 heterocycles. The van der Waals surface area contributed by atoms with Gasteiger partial charge >= 0.3 is 6.03 Å². The smallest absolute Gasteiger partial charge is 0.317 e. The molecule has 3 rings (SSSR count). The molecule has 0 aliphatic carbocycles. The number of hydrogen-bond donors (Lipinski definition) is 1. The van der Waals surface area contributed by atoms with Crippen molar-refractivity contribution in [1.29, 1.82) is 5.26 Å². The minimum atomic E-state index is -0.291. The third kappa shape index (κ3) is 6.43. The number of hydrogen-bond acceptors (Lipinski definition) is 4. The molecule has 0 spiro atoms. The van der Waals surface area contributed by atoms with Crippen LogP contribution in [0.15, 0.2) is 48.5 Å². The summed E-state index contributed by atoms with van der Waals surface area (Å²) >= 11 is 0. The maximum absolute atomic E-state index is 14.1. The Morgan fingerprint density at radius 1 is 1.13 bits per heavy atom. The molecule has 6 nitrogen and oxygen atoms in total. The Morgan fingerprint density at radius 2 is 1.81 bits per heavy atom. The molecule has 1 aliphatic heterocycles. The fraction of sp³-hybridized carbons (Fsp3) is 0.417. The van der Waals surface area contributed by atoms with Crippen LogP contribution in [0.4, 0.5) is 14.9 Å². The molecule has 0 unspecified atom stereocenters. The monoisotopic (exact) mass is 423 g/mol. The topological polar surface area (TPSA) is 62.6 Å². The summed E-state index contributed by atoms with van der Waals surface area (Å²) in [5.74, 6) is -0.291. The predicted octanol–water partition coefficient (Wildman–Crippen LogP) is 3.44. The van der Waals surface area contributed by atoms with Crippen molar-refractivity contribution >= 4 is 11.7 Å². The van der Waals surface area contributed by atoms with Crippen LogP contribution in [-0.4, -0.2) is 62.1 Å². The molecular weight excluding hydrogens is 393 g/mol. The molecule has 0 bridgehead atoms. The van der Waals surface area contributed by atoms with Gasteiger partial charge in [-0.15, -0.1) is 0 Å². The fourth-order valence-electron chi connectivity index (χ4n) is 3.70. The zero-order valence-corrected chi connectivity index (χ0v) is 18.2. The summed E-state index contributed by atoms with van der Waals surface area (Å²) in [4.78, 5) is 19.0. The average Bonchev–Trinajstić information content (AvgIpc) is 2.78. The molecule has 1 N–H and O–H groups in total. The van der Waals surface area contributed by atoms with Gasteiger partial charge in [-0.25, -0.2) is 9.18 Å². The summed E-state index contributed by atoms with van der Waals surface area (Å²) in [5.41, 5.74) is 2.27. The van der Waals surface area contributed by atoms with Crippen LogP contribution in [0.1, 0.15) is 24.0 Å². The zero-order valence-electron chi connectivity index (χ0n) is 18.2. The van der Waals surface area contributed by atoms with E-state index in [0.29, 0.717) is 24.2 Å². The number of urea groups is 1. The average molecular weight is 424 g/mol. The second-order valence-corrected chi connectivity index (χ2v) is 8.19. The molecule has 0 radical (unpaired) electrons. The molecule has 0 aromatic heterocycles. The minimum absolute atomic E-state index is 0.0876. The Bertz CT molecular complexity index is 901. The van der Waals surface area contributed by atoms with E-state index in [1.54, 1.807) is 23.1 Å². The molecular formula is C24H30FN5O. The number of likely N-dealkylation sites (N-methyl/N-ethyl adjacent to an activating group) is 1. The van der Waals surface area contributed by atoms with E-state index in [-0.39, 0.29) is 24.4 Å². The van der Waals surface area contributed by atoms with Gasteiger partial charge in [0.1, 0.15) is 5.82 Å². The molecule has 2 aromatic carbocycles. The number of carbonyl (C=O) groups excluding carboxylic acids is 1. The quantitative estimate of drug-likeness (QED) is 0.741. The minimum Gasteiger partial charge on any atom is -0.371 e. The highest BCUT2D eigenvalue weighted by molar-refractivity contribution is 5.74. The van der Waals surface area contributed by atoms with Crippen LogP contribution in [0, 0.1) is 17.1 Å². The Morgan fingerprint density at radius 3 is 2.42 bits per heavy atom. The molecule has 1 fully saturated rings. The van der Waals surface area contributed by atoms with Crippen molar-refractivity contribution < 1.29 is 9.18 Å². The molecule has 31 heavy (non-hydrogen) atoms. The number of piperidine rings is 1. The van der Waals surface area contributed by atoms with Gasteiger partial charge in [-0.2, -0.15) is 5.26 Å². The third-order valence-electron chi connectivity index (χ3n) is 5.61. The number of benzene rings is 2. The first-order valence-electron chi connectivity index (χ1n) is 10.6. The van der Waals surface area contributed by atoms with Gasteiger partial charge in [-0.1, -0.05) is 18.2 Å². The van der Waals surface area contributed by atoms with Gasteiger partial charge in [-0.05, 0) is 57.3 Å². The standard InChI is InChI=1S/C24H30FN5O/c1-28(2)15-16-30(18-20-5-3-4-6-23(20)25)24(31)27-21-11-13-29(14-12-21)22-9-7-19(17-26)8-10-22/h3-10,21H,11-16,18H2,1-2H3,(H,27,31). The molecule has 2 aromatic rings. The molecule has 0 atom stereocenters. The van der Waals surface area contributed by atoms with Crippen LogP contribution in [-0.2, 0) is 6.54 Å². The lowest BCUT2D eigenvalue weighted by molar-refractivity contribution is 0.182. The van der Waals surface area contributed by atoms with E-state index in [1.165, 1.54) is 6.07 Å². The van der Waals surface area contributed by atoms with Gasteiger partial charge in [0, 0.05) is 43.5 Å². The summed E-state index contributed by atoms with van der Waals surface area (Å²) in [6, 6.07) is 16.3. The molecule has 7 heteroatoms. The van der Waals surface area contributed by atoms with Crippen molar-refractivity contribution in [3.8, 4) is 6.07 Å². The van der Waals surface area contributed by atoms with Crippen LogP contribution in [0.3, 0.4) is 0 Å². The highest BCUT2D eigenvalue weighted by Crippen LogP contribution is 2.21. The maximum Gasteiger partial charge on any atom is 0.317 e. The van der Waals surface area contributed by atoms with Gasteiger partial charge < -0.3 is 20.0 Å². The Balaban J connectivity index is 1.57. The molecule has 2 amide bonds. The second-order valence-electron chi connectivity index (χ2n) is 8.19. The van der Waals surface area contributed by atoms with E-state index < -0.39 is 0 Å². The summed E-state index contributed by atoms with van der Waals surface area (Å²) < 4.78 is 14.1. The molecule has 1 saturated heterocycles. The van der Waals surface area contributed by atoms with Crippen LogP contribution in [0.2, 0.25) is 0 Å². The van der Waals surface area contributed by atoms with Crippen LogP contribution in [0.25, 0.3) is 0 Å². The van der Waals surface area contributed by atoms with E-state index in [2.05, 4.69) is 16.3 Å². The third-order valence-corrected chi connectivity index (χ3v) is 5.61. The predicted molar refractivity (Wildman–Crippen MR) is 120 cm³/mol. The Kier molecular flexibility index (Phi) is 7.85. The lowest BCUT2D eigenvalue weighted by Crippen LogP contribution is -2.50. The van der Waals surface area contributed by atoms with Crippen molar-refractivity contribution in [1.82, 2.24) is 15.1 Å². The normalized spacial score (nSPS) is 14.4. The number of carbonyl (C=O) groups is 1. The van der Waals surface area contributed by atoms with Crippen molar-refractivity contribution in [3.63, 3.8) is 0 Å². The Hall–Kier alpha value is -3.11. The fourth-order valence-corrected chi connectivity index (χ4v) is 3.70. The lowest BCUT2D eigenvalue weighted by Gasteiger charge is -2.35. The Labute approximate surface area is 183 Å². The number of halogens is 1. The van der Waals surface area contributed by atoms with Gasteiger partial charge in [0.05, 0.1) is 18.2 Å². The summed E-state index contributed by atoms with van der Waals surface area (Å²) in [6.07, 6.45) is 1.68. The molecule has 164 valence electrons. The molecule has 0 saturated carbocycles. The lowest BCUT2D eigenvalue weighted by atomic mass is 10.0. The second kappa shape index (κ2) is 10.8. The first kappa shape index (κ1) is 22.6. The SMILES string of the molecule is CN(C)CCN(Cc1ccccc1F)C(=O)NC1CCN(c2ccc(C#N)cc2)CC1. The summed E-state index contributed by atoms with van der Waals surface area (Å²) in [5, 5.41) is 12.1. The highest BCUT2D eigenvalue weighted by Gasteiger charge is 2.24. The van der Waals surface area contributed by atoms with Crippen LogP contribution in [0.5, 0.6) is 0 Å². The van der Waals surface area contributed by atoms with Crippen molar-refractivity contribution in [2.45, 2.75) is 25.4 Å².